The predicted molar refractivity (Wildman–Crippen MR) is 29.1 cm³/mol. The monoisotopic (exact) mass is 383 g/mol. The minimum absolute atomic E-state index is 0.450. The molecule has 0 fully saturated rings. The molecule has 0 aliphatic heterocycles. The first kappa shape index (κ1) is 7.16. The summed E-state index contributed by atoms with van der Waals surface area (Å²) < 4.78 is 0.450. The first-order chi connectivity index (χ1) is 2.81. The van der Waals surface area contributed by atoms with Crippen molar-refractivity contribution >= 4 is 17.7 Å². The molecule has 0 rings (SSSR count). The summed E-state index contributed by atoms with van der Waals surface area (Å²) in [6, 6.07) is 2.21. The summed E-state index contributed by atoms with van der Waals surface area (Å²) in [5.74, 6) is 0. The van der Waals surface area contributed by atoms with Crippen LogP contribution in [0.25, 0.3) is 0 Å². The molecule has 0 aliphatic rings. The summed E-state index contributed by atoms with van der Waals surface area (Å²) >= 11 is 1.77. The van der Waals surface area contributed by atoms with Crippen molar-refractivity contribution in [1.82, 2.24) is 0 Å². The van der Waals surface area contributed by atoms with Crippen LogP contribution < -0.4 is 0 Å². The van der Waals surface area contributed by atoms with Crippen molar-refractivity contribution in [3.8, 4) is 6.07 Å². The summed E-state index contributed by atoms with van der Waals surface area (Å²) in [7, 11) is 0. The van der Waals surface area contributed by atoms with E-state index in [1.807, 2.05) is 6.92 Å². The van der Waals surface area contributed by atoms with Crippen molar-refractivity contribution in [3.05, 3.63) is 0 Å². The van der Waals surface area contributed by atoms with Crippen LogP contribution in [0.4, 0.5) is 0 Å². The Morgan fingerprint density at radius 2 is 2.50 bits per heavy atom. The van der Waals surface area contributed by atoms with Gasteiger partial charge in [0.15, 0.2) is 0 Å². The van der Waals surface area contributed by atoms with E-state index in [0.29, 0.717) is 3.43 Å². The number of hydrogen-bond donors (Lipinski definition) is 0. The SMILES string of the molecule is C[CH](C#N)[Hg][I]. The Kier molecular flexibility index (Phi) is 5.15. The molecule has 0 heterocycles. The molecule has 0 saturated carbocycles. The summed E-state index contributed by atoms with van der Waals surface area (Å²) in [4.78, 5) is 0. The molecule has 0 aliphatic carbocycles. The molecule has 0 bridgehead atoms. The summed E-state index contributed by atoms with van der Waals surface area (Å²) in [5.41, 5.74) is 0. The van der Waals surface area contributed by atoms with Crippen LogP contribution in [0.15, 0.2) is 0 Å². The van der Waals surface area contributed by atoms with Gasteiger partial charge in [-0.2, -0.15) is 0 Å². The van der Waals surface area contributed by atoms with Crippen LogP contribution in [-0.2, 0) is 20.2 Å². The number of nitriles is 1. The van der Waals surface area contributed by atoms with Crippen LogP contribution in [-0.4, -0.2) is 0 Å². The van der Waals surface area contributed by atoms with Gasteiger partial charge in [-0.25, -0.2) is 0 Å². The van der Waals surface area contributed by atoms with Crippen LogP contribution >= 0.6 is 17.7 Å². The topological polar surface area (TPSA) is 23.8 Å². The number of rotatable bonds is 1. The summed E-state index contributed by atoms with van der Waals surface area (Å²) in [6.45, 7) is 2.01. The zero-order valence-electron chi connectivity index (χ0n) is 3.61. The first-order valence-corrected chi connectivity index (χ1v) is 20.4. The quantitative estimate of drug-likeness (QED) is 0.502. The Hall–Kier alpha value is 1.16. The standard InChI is InChI=1S/C3H4N.Hg.HI/c1-2-3-4;;/h2H,1H3;;1H/q;+1;/p-1. The Bertz CT molecular complexity index is 67.7. The molecule has 1 unspecified atom stereocenters. The van der Waals surface area contributed by atoms with Crippen molar-refractivity contribution in [2.24, 2.45) is 0 Å². The first-order valence-electron chi connectivity index (χ1n) is 1.77. The second kappa shape index (κ2) is 4.32. The molecule has 0 aromatic rings. The van der Waals surface area contributed by atoms with Gasteiger partial charge < -0.3 is 0 Å². The maximum absolute atomic E-state index is 8.14. The van der Waals surface area contributed by atoms with Crippen LogP contribution in [0.2, 0.25) is 3.43 Å². The third kappa shape index (κ3) is 3.35. The third-order valence-electron chi connectivity index (χ3n) is 0.452. The number of hydrogen-bond acceptors (Lipinski definition) is 1. The van der Waals surface area contributed by atoms with E-state index in [1.165, 1.54) is 0 Å². The van der Waals surface area contributed by atoms with E-state index < -0.39 is 20.2 Å². The molecule has 1 nitrogen and oxygen atoms in total. The van der Waals surface area contributed by atoms with Gasteiger partial charge in [0.05, 0.1) is 0 Å². The molecule has 1 atom stereocenters. The molecule has 0 spiro atoms. The van der Waals surface area contributed by atoms with Crippen LogP contribution in [0, 0.1) is 11.3 Å². The Balaban J connectivity index is 3.04. The maximum atomic E-state index is 8.14. The fraction of sp³-hybridized carbons (Fsp3) is 0.667. The van der Waals surface area contributed by atoms with Crippen LogP contribution in [0.5, 0.6) is 0 Å². The molecular formula is C3H4HgIN. The van der Waals surface area contributed by atoms with E-state index in [-0.39, 0.29) is 0 Å². The van der Waals surface area contributed by atoms with E-state index in [1.54, 1.807) is 0 Å². The second-order valence-corrected chi connectivity index (χ2v) is 14.9. The van der Waals surface area contributed by atoms with E-state index in [0.717, 1.165) is 0 Å². The minimum atomic E-state index is -0.648. The van der Waals surface area contributed by atoms with Gasteiger partial charge in [0.25, 0.3) is 0 Å². The molecular weight excluding hydrogens is 378 g/mol. The molecule has 0 saturated heterocycles. The summed E-state index contributed by atoms with van der Waals surface area (Å²) in [5, 5.41) is 8.14. The third-order valence-corrected chi connectivity index (χ3v) is 14.6. The van der Waals surface area contributed by atoms with E-state index in [2.05, 4.69) is 23.7 Å². The van der Waals surface area contributed by atoms with E-state index in [4.69, 9.17) is 5.26 Å². The second-order valence-electron chi connectivity index (χ2n) is 1.18. The Labute approximate surface area is 58.9 Å². The van der Waals surface area contributed by atoms with Gasteiger partial charge in [-0.3, -0.25) is 0 Å². The van der Waals surface area contributed by atoms with Gasteiger partial charge in [0, 0.05) is 0 Å². The zero-order valence-corrected chi connectivity index (χ0v) is 11.3. The molecule has 6 heavy (non-hydrogen) atoms. The van der Waals surface area contributed by atoms with Gasteiger partial charge in [-0.1, -0.05) is 0 Å². The fourth-order valence-corrected chi connectivity index (χ4v) is 2.03. The average molecular weight is 382 g/mol. The molecule has 0 aromatic carbocycles. The van der Waals surface area contributed by atoms with Gasteiger partial charge in [-0.15, -0.1) is 0 Å². The fourth-order valence-electron chi connectivity index (χ4n) is 0.0345. The van der Waals surface area contributed by atoms with Gasteiger partial charge in [-0.05, 0) is 0 Å². The molecule has 0 aromatic heterocycles. The van der Waals surface area contributed by atoms with Crippen molar-refractivity contribution < 1.29 is 20.2 Å². The Morgan fingerprint density at radius 3 is 2.50 bits per heavy atom. The average Bonchev–Trinajstić information content (AvgIpc) is 1.65. The van der Waals surface area contributed by atoms with E-state index in [9.17, 15) is 0 Å². The predicted octanol–water partition coefficient (Wildman–Crippen LogP) is 1.75. The van der Waals surface area contributed by atoms with E-state index >= 15 is 0 Å². The van der Waals surface area contributed by atoms with Gasteiger partial charge >= 0.3 is 59.6 Å². The summed E-state index contributed by atoms with van der Waals surface area (Å²) in [6.07, 6.45) is 0. The molecule has 0 N–H and O–H groups in total. The van der Waals surface area contributed by atoms with Crippen molar-refractivity contribution in [2.45, 2.75) is 10.4 Å². The normalized spacial score (nSPS) is 11.5. The number of nitrogens with zero attached hydrogens (tertiary/aromatic N) is 1. The molecule has 0 radical (unpaired) electrons. The zero-order chi connectivity index (χ0) is 4.99. The number of halogens is 1. The molecule has 0 amide bonds. The van der Waals surface area contributed by atoms with Crippen molar-refractivity contribution in [1.29, 1.82) is 5.26 Å². The molecule has 30 valence electrons. The van der Waals surface area contributed by atoms with Crippen molar-refractivity contribution in [2.75, 3.05) is 0 Å². The Morgan fingerprint density at radius 1 is 2.00 bits per heavy atom. The molecule has 3 heteroatoms. The van der Waals surface area contributed by atoms with Crippen LogP contribution in [0.1, 0.15) is 6.92 Å². The van der Waals surface area contributed by atoms with Crippen LogP contribution in [0.3, 0.4) is 0 Å². The van der Waals surface area contributed by atoms with Gasteiger partial charge in [0.1, 0.15) is 0 Å². The van der Waals surface area contributed by atoms with Crippen molar-refractivity contribution in [3.63, 3.8) is 0 Å². The van der Waals surface area contributed by atoms with Gasteiger partial charge in [0.2, 0.25) is 0 Å².